The van der Waals surface area contributed by atoms with Crippen molar-refractivity contribution in [1.82, 2.24) is 13.7 Å². The minimum absolute atomic E-state index is 0.00595. The quantitative estimate of drug-likeness (QED) is 0.134. The summed E-state index contributed by atoms with van der Waals surface area (Å²) >= 11 is 0. The molecule has 2 aliphatic heterocycles. The molecule has 5 heterocycles. The van der Waals surface area contributed by atoms with Gasteiger partial charge in [-0.15, -0.1) is 0 Å². The summed E-state index contributed by atoms with van der Waals surface area (Å²) < 4.78 is 83.8. The number of fused-ring (bicyclic) bond motifs is 13. The first-order valence-electron chi connectivity index (χ1n) is 46.5. The van der Waals surface area contributed by atoms with Crippen LogP contribution in [0, 0.1) is 0 Å². The van der Waals surface area contributed by atoms with Gasteiger partial charge in [-0.1, -0.05) is 325 Å². The van der Waals surface area contributed by atoms with E-state index in [4.69, 9.17) is 0 Å². The highest BCUT2D eigenvalue weighted by Gasteiger charge is 2.46. The Hall–Kier alpha value is -12.6. The van der Waals surface area contributed by atoms with E-state index < -0.39 is 43.0 Å². The number of hydrogen-bond acceptors (Lipinski definition) is 2. The van der Waals surface area contributed by atoms with Crippen LogP contribution >= 0.6 is 0 Å². The van der Waals surface area contributed by atoms with E-state index in [1.165, 1.54) is 38.6 Å². The minimum Gasteiger partial charge on any atom is -0.311 e. The summed E-state index contributed by atoms with van der Waals surface area (Å²) in [7, 11) is 0. The van der Waals surface area contributed by atoms with Gasteiger partial charge in [-0.3, -0.25) is 0 Å². The van der Waals surface area contributed by atoms with Crippen LogP contribution in [0.1, 0.15) is 169 Å². The molecule has 0 saturated heterocycles. The Morgan fingerprint density at radius 3 is 1.17 bits per heavy atom. The lowest BCUT2D eigenvalue weighted by molar-refractivity contribution is 0.569. The van der Waals surface area contributed by atoms with Crippen LogP contribution in [-0.2, 0) is 32.5 Å². The van der Waals surface area contributed by atoms with E-state index in [-0.39, 0.29) is 66.4 Å². The summed E-state index contributed by atoms with van der Waals surface area (Å²) in [4.78, 5) is 5.15. The molecule has 0 atom stereocenters. The van der Waals surface area contributed by atoms with Crippen molar-refractivity contribution in [3.05, 3.63) is 349 Å². The topological polar surface area (TPSA) is 21.3 Å². The number of hydrogen-bond donors (Lipinski definition) is 0. The largest absolute Gasteiger partial charge is 0.311 e. The second-order valence-electron chi connectivity index (χ2n) is 39.7. The normalized spacial score (nSPS) is 14.3. The van der Waals surface area contributed by atoms with Crippen LogP contribution in [0.5, 0.6) is 0 Å². The van der Waals surface area contributed by atoms with Crippen molar-refractivity contribution in [2.24, 2.45) is 0 Å². The second kappa shape index (κ2) is 27.5. The fraction of sp³-hybridized carbons (Fsp3) is 0.211. The highest BCUT2D eigenvalue weighted by Crippen LogP contribution is 2.56. The van der Waals surface area contributed by atoms with Crippen molar-refractivity contribution in [1.29, 1.82) is 0 Å². The molecule has 2 aliphatic rings. The molecule has 0 amide bonds. The molecule has 0 fully saturated rings. The maximum Gasteiger partial charge on any atom is 0.252 e. The zero-order valence-electron chi connectivity index (χ0n) is 80.2. The Balaban J connectivity index is 1.03. The SMILES string of the molecule is [2H]c1c([2H])c([2H])c2c(c1[2H])c1c([2H])c([2H])c([2H])c([2H])c1n2-c1ccc2c(c1)N(c1c(-c3ccccc3)cc(C(C)(C)C)cc1-c1ccccc1)c1cc(-c3cc(C(C)(C)C)cc(C(C)(C)C)c3)cc3c1B2c1ccc(-n2c4ccc(C(C)(C)C)cc4c4cc(C(C)(C)C)ccc42)cc1N3c1cc(-c2cccc(C(C)(C)C)c2)cc2c1c1ccccc1n2-c1ccccc1. The standard InChI is InChI=1S/C114H106BN5/c1-109(2,3)77-40-34-39-73(57-77)75-60-102-106(88-45-30-33-48-97(88)116(102)83-41-26-21-27-42-83)103(61-75)119-100-69-84(118-98-55-49-78(110(4,5)6)65-91(98)92-66-79(111(7,8)9)50-56-99(92)118)51-53-93(100)115-94-54-52-85(117-95-46-31-28-43-86(95)87-44-29-32-47-96(87)117)70-101(94)120(105-63-76(62-104(119)107(105)115)74-58-80(112(10,11)12)64-81(59-74)113(13,14)15)108-89(71-35-22-19-23-36-71)67-82(114(16,17)18)68-90(108)72-37-24-20-25-38-72/h19-70H,1-18H3/i28D,29D,31D,32D,43D,44D,46D,47D. The van der Waals surface area contributed by atoms with Crippen molar-refractivity contribution in [3.63, 3.8) is 0 Å². The molecule has 18 aromatic rings. The van der Waals surface area contributed by atoms with Gasteiger partial charge in [-0.05, 0) is 231 Å². The number of anilines is 6. The molecule has 0 N–H and O–H groups in total. The molecule has 15 aromatic carbocycles. The lowest BCUT2D eigenvalue weighted by Crippen LogP contribution is -2.61. The van der Waals surface area contributed by atoms with Crippen LogP contribution in [0.25, 0.3) is 127 Å². The fourth-order valence-corrected chi connectivity index (χ4v) is 18.9. The molecule has 0 aliphatic carbocycles. The number of rotatable bonds is 9. The van der Waals surface area contributed by atoms with E-state index >= 15 is 0 Å². The molecule has 0 bridgehead atoms. The lowest BCUT2D eigenvalue weighted by atomic mass is 9.33. The van der Waals surface area contributed by atoms with Gasteiger partial charge in [0.25, 0.3) is 6.71 Å². The van der Waals surface area contributed by atoms with Crippen LogP contribution in [-0.4, -0.2) is 20.4 Å². The van der Waals surface area contributed by atoms with Crippen LogP contribution < -0.4 is 26.2 Å². The van der Waals surface area contributed by atoms with E-state index in [2.05, 4.69) is 404 Å². The van der Waals surface area contributed by atoms with E-state index in [0.29, 0.717) is 5.69 Å². The predicted octanol–water partition coefficient (Wildman–Crippen LogP) is 29.5. The summed E-state index contributed by atoms with van der Waals surface area (Å²) in [5, 5.41) is 4.51. The summed E-state index contributed by atoms with van der Waals surface area (Å²) in [6.07, 6.45) is 0. The number of benzene rings is 15. The predicted molar refractivity (Wildman–Crippen MR) is 517 cm³/mol. The Bertz CT molecular complexity index is 7480. The van der Waals surface area contributed by atoms with Gasteiger partial charge < -0.3 is 23.5 Å². The number of para-hydroxylation sites is 4. The fourth-order valence-electron chi connectivity index (χ4n) is 18.9. The van der Waals surface area contributed by atoms with Crippen LogP contribution in [0.3, 0.4) is 0 Å². The number of aromatic nitrogens is 3. The summed E-state index contributed by atoms with van der Waals surface area (Å²) in [5.41, 5.74) is 28.9. The van der Waals surface area contributed by atoms with Crippen molar-refractivity contribution in [2.75, 3.05) is 9.80 Å². The molecule has 6 heteroatoms. The third-order valence-electron chi connectivity index (χ3n) is 25.5. The molecule has 0 unspecified atom stereocenters. The number of nitrogens with zero attached hydrogens (tertiary/aromatic N) is 5. The molecule has 120 heavy (non-hydrogen) atoms. The van der Waals surface area contributed by atoms with Gasteiger partial charge >= 0.3 is 0 Å². The maximum absolute atomic E-state index is 10.1. The first-order chi connectivity index (χ1) is 60.6. The third-order valence-corrected chi connectivity index (χ3v) is 25.5. The average molecular weight is 1560 g/mol. The Kier molecular flexibility index (Phi) is 15.4. The van der Waals surface area contributed by atoms with E-state index in [1.54, 1.807) is 4.57 Å². The van der Waals surface area contributed by atoms with Crippen LogP contribution in [0.4, 0.5) is 34.1 Å². The second-order valence-corrected chi connectivity index (χ2v) is 39.7. The maximum atomic E-state index is 10.1. The molecule has 20 rings (SSSR count). The first kappa shape index (κ1) is 67.3. The molecule has 3 aromatic heterocycles. The minimum atomic E-state index is -0.572. The highest BCUT2D eigenvalue weighted by molar-refractivity contribution is 7.00. The van der Waals surface area contributed by atoms with Crippen LogP contribution in [0.15, 0.2) is 315 Å². The summed E-state index contributed by atoms with van der Waals surface area (Å²) in [5.74, 6) is 0. The zero-order chi connectivity index (χ0) is 90.1. The average Bonchev–Trinajstić information content (AvgIpc) is 0.710. The van der Waals surface area contributed by atoms with E-state index in [9.17, 15) is 11.0 Å². The molecule has 0 saturated carbocycles. The highest BCUT2D eigenvalue weighted by atomic mass is 15.2. The molecule has 5 nitrogen and oxygen atoms in total. The lowest BCUT2D eigenvalue weighted by Gasteiger charge is -2.46. The summed E-state index contributed by atoms with van der Waals surface area (Å²) in [6, 6.07) is 96.4. The van der Waals surface area contributed by atoms with Crippen molar-refractivity contribution < 1.29 is 11.0 Å². The molecular formula is C114H106BN5. The van der Waals surface area contributed by atoms with Gasteiger partial charge in [0.05, 0.1) is 55.4 Å². The first-order valence-corrected chi connectivity index (χ1v) is 42.5. The van der Waals surface area contributed by atoms with Gasteiger partial charge in [0.1, 0.15) is 0 Å². The van der Waals surface area contributed by atoms with E-state index in [0.717, 1.165) is 145 Å². The molecular weight excluding hydrogens is 1450 g/mol. The van der Waals surface area contributed by atoms with Gasteiger partial charge in [0, 0.05) is 83.3 Å². The van der Waals surface area contributed by atoms with Gasteiger partial charge in [-0.2, -0.15) is 0 Å². The van der Waals surface area contributed by atoms with Crippen LogP contribution in [0.2, 0.25) is 0 Å². The zero-order valence-corrected chi connectivity index (χ0v) is 72.2. The Labute approximate surface area is 720 Å². The molecule has 0 radical (unpaired) electrons. The molecule has 0 spiro atoms. The molecule has 590 valence electrons. The monoisotopic (exact) mass is 1560 g/mol. The Morgan fingerprint density at radius 2 is 0.642 bits per heavy atom. The van der Waals surface area contributed by atoms with E-state index in [1.807, 2.05) is 6.07 Å². The summed E-state index contributed by atoms with van der Waals surface area (Å²) in [6.45, 7) is 40.8. The third kappa shape index (κ3) is 12.6. The van der Waals surface area contributed by atoms with Gasteiger partial charge in [-0.25, -0.2) is 0 Å². The Morgan fingerprint density at radius 1 is 0.242 bits per heavy atom. The van der Waals surface area contributed by atoms with Gasteiger partial charge in [0.15, 0.2) is 0 Å². The smallest absolute Gasteiger partial charge is 0.252 e. The van der Waals surface area contributed by atoms with Gasteiger partial charge in [0.2, 0.25) is 0 Å². The van der Waals surface area contributed by atoms with Crippen molar-refractivity contribution >= 4 is 123 Å². The van der Waals surface area contributed by atoms with Crippen molar-refractivity contribution in [2.45, 2.75) is 157 Å². The van der Waals surface area contributed by atoms with Crippen molar-refractivity contribution in [3.8, 4) is 61.6 Å².